The van der Waals surface area contributed by atoms with E-state index in [1.54, 1.807) is 12.4 Å². The van der Waals surface area contributed by atoms with Crippen LogP contribution in [0.5, 0.6) is 0 Å². The minimum absolute atomic E-state index is 0.558. The zero-order valence-electron chi connectivity index (χ0n) is 16.1. The van der Waals surface area contributed by atoms with Crippen molar-refractivity contribution in [2.24, 2.45) is 5.16 Å². The molecule has 0 saturated heterocycles. The fraction of sp³-hybridized carbons (Fsp3) is 0.368. The van der Waals surface area contributed by atoms with Gasteiger partial charge in [0.25, 0.3) is 0 Å². The number of rotatable bonds is 5. The summed E-state index contributed by atoms with van der Waals surface area (Å²) in [6.07, 6.45) is 5.22. The van der Waals surface area contributed by atoms with Gasteiger partial charge < -0.3 is 9.74 Å². The molecule has 1 aliphatic rings. The first-order valence-electron chi connectivity index (χ1n) is 9.20. The van der Waals surface area contributed by atoms with Crippen molar-refractivity contribution in [1.82, 2.24) is 25.1 Å². The van der Waals surface area contributed by atoms with Crippen LogP contribution in [0, 0.1) is 6.92 Å². The molecule has 3 aromatic heterocycles. The topological polar surface area (TPSA) is 89.3 Å². The van der Waals surface area contributed by atoms with Crippen LogP contribution >= 0.6 is 11.3 Å². The van der Waals surface area contributed by atoms with Crippen LogP contribution in [0.2, 0.25) is 0 Å². The highest BCUT2D eigenvalue weighted by Gasteiger charge is 2.26. The average Bonchev–Trinajstić information content (AvgIpc) is 3.12. The average molecular weight is 395 g/mol. The molecular weight excluding hydrogens is 374 g/mol. The first kappa shape index (κ1) is 18.4. The van der Waals surface area contributed by atoms with E-state index in [9.17, 15) is 0 Å². The lowest BCUT2D eigenvalue weighted by Crippen LogP contribution is -2.31. The van der Waals surface area contributed by atoms with E-state index < -0.39 is 0 Å². The fourth-order valence-corrected chi connectivity index (χ4v) is 3.87. The van der Waals surface area contributed by atoms with Crippen molar-refractivity contribution in [2.75, 3.05) is 25.1 Å². The second-order valence-electron chi connectivity index (χ2n) is 6.53. The first-order chi connectivity index (χ1) is 13.7. The molecule has 0 amide bonds. The third-order valence-electron chi connectivity index (χ3n) is 4.37. The van der Waals surface area contributed by atoms with Gasteiger partial charge in [0, 0.05) is 38.0 Å². The Bertz CT molecular complexity index is 1000. The maximum absolute atomic E-state index is 5.41. The number of nitrogens with zero attached hydrogens (tertiary/aromatic N) is 7. The molecule has 0 N–H and O–H groups in total. The Balaban J connectivity index is 1.73. The Morgan fingerprint density at radius 2 is 2.18 bits per heavy atom. The van der Waals surface area contributed by atoms with Crippen molar-refractivity contribution in [3.8, 4) is 21.3 Å². The Labute approximate surface area is 167 Å². The highest BCUT2D eigenvalue weighted by molar-refractivity contribution is 7.18. The third-order valence-corrected chi connectivity index (χ3v) is 5.57. The Kier molecular flexibility index (Phi) is 5.25. The van der Waals surface area contributed by atoms with E-state index in [1.165, 1.54) is 11.3 Å². The molecule has 0 atom stereocenters. The molecule has 0 spiro atoms. The number of oxime groups is 1. The van der Waals surface area contributed by atoms with E-state index in [0.29, 0.717) is 12.4 Å². The van der Waals surface area contributed by atoms with E-state index in [4.69, 9.17) is 9.82 Å². The smallest absolute Gasteiger partial charge is 0.194 e. The van der Waals surface area contributed by atoms with E-state index in [2.05, 4.69) is 32.2 Å². The Morgan fingerprint density at radius 3 is 2.96 bits per heavy atom. The van der Waals surface area contributed by atoms with Crippen LogP contribution in [0.25, 0.3) is 21.3 Å². The van der Waals surface area contributed by atoms with E-state index in [0.717, 1.165) is 57.8 Å². The summed E-state index contributed by atoms with van der Waals surface area (Å²) in [6.45, 7) is 5.40. The third kappa shape index (κ3) is 3.57. The molecule has 3 aromatic rings. The van der Waals surface area contributed by atoms with Crippen molar-refractivity contribution >= 4 is 22.9 Å². The molecule has 0 aliphatic carbocycles. The van der Waals surface area contributed by atoms with E-state index >= 15 is 0 Å². The lowest BCUT2D eigenvalue weighted by Gasteiger charge is -2.25. The number of hydrogen-bond acceptors (Lipinski definition) is 9. The van der Waals surface area contributed by atoms with Crippen LogP contribution in [0.4, 0.5) is 5.82 Å². The van der Waals surface area contributed by atoms with Crippen LogP contribution in [0.1, 0.15) is 31.2 Å². The normalized spacial score (nSPS) is 15.0. The number of thiazole rings is 1. The van der Waals surface area contributed by atoms with Gasteiger partial charge in [0.05, 0.1) is 10.6 Å². The Morgan fingerprint density at radius 1 is 1.29 bits per heavy atom. The Hall–Kier alpha value is -2.94. The van der Waals surface area contributed by atoms with Crippen molar-refractivity contribution in [2.45, 2.75) is 26.7 Å². The number of aryl methyl sites for hydroxylation is 1. The first-order valence-corrected chi connectivity index (χ1v) is 10.0. The molecule has 0 saturated carbocycles. The molecule has 0 radical (unpaired) electrons. The maximum atomic E-state index is 5.41. The largest absolute Gasteiger partial charge is 0.396 e. The van der Waals surface area contributed by atoms with Crippen LogP contribution in [-0.2, 0) is 4.84 Å². The quantitative estimate of drug-likeness (QED) is 0.483. The molecule has 4 rings (SSSR count). The van der Waals surface area contributed by atoms with Gasteiger partial charge in [0.15, 0.2) is 11.6 Å². The lowest BCUT2D eigenvalue weighted by atomic mass is 10.1. The number of fused-ring (bicyclic) bond motifs is 1. The predicted molar refractivity (Wildman–Crippen MR) is 110 cm³/mol. The molecule has 0 aromatic carbocycles. The van der Waals surface area contributed by atoms with Crippen LogP contribution < -0.4 is 4.90 Å². The van der Waals surface area contributed by atoms with Gasteiger partial charge in [-0.3, -0.25) is 4.98 Å². The van der Waals surface area contributed by atoms with Gasteiger partial charge in [-0.2, -0.15) is 0 Å². The van der Waals surface area contributed by atoms with E-state index in [1.807, 2.05) is 31.0 Å². The van der Waals surface area contributed by atoms with Crippen LogP contribution in [0.15, 0.2) is 29.7 Å². The lowest BCUT2D eigenvalue weighted by molar-refractivity contribution is 0.144. The second-order valence-corrected chi connectivity index (χ2v) is 7.52. The van der Waals surface area contributed by atoms with Gasteiger partial charge in [-0.25, -0.2) is 9.97 Å². The van der Waals surface area contributed by atoms with Crippen molar-refractivity contribution in [3.05, 3.63) is 35.9 Å². The van der Waals surface area contributed by atoms with Gasteiger partial charge in [-0.15, -0.1) is 21.5 Å². The predicted octanol–water partition coefficient (Wildman–Crippen LogP) is 3.34. The molecule has 1 aliphatic heterocycles. The number of anilines is 1. The minimum Gasteiger partial charge on any atom is -0.396 e. The molecule has 9 heteroatoms. The highest BCUT2D eigenvalue weighted by atomic mass is 32.1. The van der Waals surface area contributed by atoms with Gasteiger partial charge in [-0.1, -0.05) is 12.1 Å². The second kappa shape index (κ2) is 7.97. The van der Waals surface area contributed by atoms with Crippen LogP contribution in [0.3, 0.4) is 0 Å². The number of aromatic nitrogens is 5. The summed E-state index contributed by atoms with van der Waals surface area (Å²) >= 11 is 1.54. The highest BCUT2D eigenvalue weighted by Crippen LogP contribution is 2.34. The number of pyridine rings is 1. The summed E-state index contributed by atoms with van der Waals surface area (Å²) in [5.41, 5.74) is 3.39. The molecule has 4 heterocycles. The van der Waals surface area contributed by atoms with Gasteiger partial charge in [0.1, 0.15) is 23.0 Å². The summed E-state index contributed by atoms with van der Waals surface area (Å²) in [4.78, 5) is 22.0. The van der Waals surface area contributed by atoms with Crippen molar-refractivity contribution in [1.29, 1.82) is 0 Å². The minimum atomic E-state index is 0.558. The maximum Gasteiger partial charge on any atom is 0.194 e. The fourth-order valence-electron chi connectivity index (χ4n) is 2.89. The summed E-state index contributed by atoms with van der Waals surface area (Å²) in [5.74, 6) is 1.28. The summed E-state index contributed by atoms with van der Waals surface area (Å²) in [5, 5.41) is 14.0. The molecule has 28 heavy (non-hydrogen) atoms. The van der Waals surface area contributed by atoms with Crippen molar-refractivity contribution in [3.63, 3.8) is 0 Å². The standard InChI is InChI=1S/C19H21N7OS/c1-4-10-27-25-14-7-9-26(3)18-15(14)22-17(23-24-18)16-12(2)21-19(28-16)13-6-5-8-20-11-13/h5-6,8,11H,4,7,9-10H2,1-3H3/b25-14+. The van der Waals surface area contributed by atoms with Gasteiger partial charge in [0.2, 0.25) is 0 Å². The molecular formula is C19H21N7OS. The summed E-state index contributed by atoms with van der Waals surface area (Å²) in [7, 11) is 1.98. The zero-order chi connectivity index (χ0) is 19.5. The molecule has 0 bridgehead atoms. The summed E-state index contributed by atoms with van der Waals surface area (Å²) in [6, 6.07) is 3.89. The molecule has 0 fully saturated rings. The monoisotopic (exact) mass is 395 g/mol. The zero-order valence-corrected chi connectivity index (χ0v) is 16.9. The summed E-state index contributed by atoms with van der Waals surface area (Å²) < 4.78 is 0. The SMILES string of the molecule is CCCO/N=C1\CCN(C)c2nnc(-c3sc(-c4cccnc4)nc3C)nc21. The molecule has 8 nitrogen and oxygen atoms in total. The molecule has 144 valence electrons. The van der Waals surface area contributed by atoms with E-state index in [-0.39, 0.29) is 0 Å². The van der Waals surface area contributed by atoms with Crippen LogP contribution in [-0.4, -0.2) is 51.1 Å². The van der Waals surface area contributed by atoms with Gasteiger partial charge in [-0.05, 0) is 25.5 Å². The molecule has 0 unspecified atom stereocenters. The van der Waals surface area contributed by atoms with Gasteiger partial charge >= 0.3 is 0 Å². The van der Waals surface area contributed by atoms with Crippen molar-refractivity contribution < 1.29 is 4.84 Å². The number of hydrogen-bond donors (Lipinski definition) is 0.